The van der Waals surface area contributed by atoms with Crippen LogP contribution in [0.3, 0.4) is 0 Å². The van der Waals surface area contributed by atoms with E-state index in [9.17, 15) is 27.7 Å². The van der Waals surface area contributed by atoms with E-state index in [1.807, 2.05) is 6.07 Å². The van der Waals surface area contributed by atoms with Crippen molar-refractivity contribution in [1.82, 2.24) is 15.2 Å². The molecule has 32 heavy (non-hydrogen) atoms. The topological polar surface area (TPSA) is 121 Å². The Morgan fingerprint density at radius 2 is 2.12 bits per heavy atom. The van der Waals surface area contributed by atoms with E-state index in [4.69, 9.17) is 0 Å². The first kappa shape index (κ1) is 22.2. The molecule has 2 fully saturated rings. The number of aromatic nitrogens is 1. The van der Waals surface area contributed by atoms with Crippen LogP contribution in [0.2, 0.25) is 0 Å². The number of pyridine rings is 1. The van der Waals surface area contributed by atoms with Gasteiger partial charge in [0.2, 0.25) is 5.91 Å². The highest BCUT2D eigenvalue weighted by Gasteiger charge is 2.43. The number of nitrogens with zero attached hydrogens (tertiary/aromatic N) is 2. The third kappa shape index (κ3) is 4.45. The fraction of sp³-hybridized carbons (Fsp3) is 0.409. The molecule has 0 spiro atoms. The van der Waals surface area contributed by atoms with Crippen LogP contribution in [-0.2, 0) is 21.1 Å². The van der Waals surface area contributed by atoms with E-state index in [0.717, 1.165) is 42.2 Å². The van der Waals surface area contributed by atoms with Crippen molar-refractivity contribution in [3.8, 4) is 11.8 Å². The maximum Gasteiger partial charge on any atom is 0.256 e. The summed E-state index contributed by atoms with van der Waals surface area (Å²) in [6.07, 6.45) is 5.28. The second-order valence-corrected chi connectivity index (χ2v) is 10.4. The number of benzene rings is 1. The van der Waals surface area contributed by atoms with Crippen LogP contribution in [0.1, 0.15) is 24.8 Å². The third-order valence-corrected chi connectivity index (χ3v) is 7.28. The van der Waals surface area contributed by atoms with Crippen molar-refractivity contribution in [2.24, 2.45) is 5.92 Å². The molecule has 168 valence electrons. The van der Waals surface area contributed by atoms with Crippen LogP contribution in [0.15, 0.2) is 46.2 Å². The molecule has 1 saturated heterocycles. The lowest BCUT2D eigenvalue weighted by Gasteiger charge is -2.23. The van der Waals surface area contributed by atoms with Crippen molar-refractivity contribution in [3.63, 3.8) is 0 Å². The molecule has 1 saturated carbocycles. The van der Waals surface area contributed by atoms with Gasteiger partial charge in [-0.2, -0.15) is 5.26 Å². The molecular weight excluding hydrogens is 435 g/mol. The van der Waals surface area contributed by atoms with Gasteiger partial charge in [-0.05, 0) is 48.9 Å². The fourth-order valence-corrected chi connectivity index (χ4v) is 5.14. The number of fused-ring (bicyclic) bond motifs is 2. The van der Waals surface area contributed by atoms with Gasteiger partial charge in [0.1, 0.15) is 11.9 Å². The number of nitrogens with one attached hydrogen (secondary N) is 2. The van der Waals surface area contributed by atoms with Crippen molar-refractivity contribution in [3.05, 3.63) is 58.3 Å². The standard InChI is InChI=1S/C22H23FN4O4S/c1-32(30,31)18-6-7-27(20(28)11-18)17-5-3-13(19(23)10-17)8-16(12-24)26-22(29)21-14-2-4-15(9-14)25-21/h3,5-7,10-11,14-16,21,25H,2,4,8-9H2,1H3,(H,26,29)/t14-,15+,16-,21-/m0/s1. The SMILES string of the molecule is CS(=O)(=O)c1ccn(-c2ccc(C[C@@H](C#N)NC(=O)[C@H]3N[C@@H]4CC[C@H]3C4)c(F)c2)c(=O)c1. The zero-order valence-electron chi connectivity index (χ0n) is 17.4. The number of amides is 1. The summed E-state index contributed by atoms with van der Waals surface area (Å²) in [5.41, 5.74) is -0.164. The first-order valence-electron chi connectivity index (χ1n) is 10.3. The van der Waals surface area contributed by atoms with E-state index >= 15 is 0 Å². The Morgan fingerprint density at radius 3 is 2.69 bits per heavy atom. The molecule has 1 aromatic carbocycles. The minimum absolute atomic E-state index is 0.0168. The Kier molecular flexibility index (Phi) is 5.88. The van der Waals surface area contributed by atoms with Gasteiger partial charge >= 0.3 is 0 Å². The second-order valence-electron chi connectivity index (χ2n) is 8.43. The average Bonchev–Trinajstić information content (AvgIpc) is 3.37. The maximum absolute atomic E-state index is 14.7. The highest BCUT2D eigenvalue weighted by Crippen LogP contribution is 2.35. The van der Waals surface area contributed by atoms with Crippen LogP contribution in [0, 0.1) is 23.1 Å². The molecule has 1 aliphatic carbocycles. The van der Waals surface area contributed by atoms with Gasteiger partial charge in [0.15, 0.2) is 9.84 Å². The first-order valence-corrected chi connectivity index (χ1v) is 12.2. The lowest BCUT2D eigenvalue weighted by atomic mass is 9.98. The molecule has 2 aromatic rings. The molecule has 0 unspecified atom stereocenters. The van der Waals surface area contributed by atoms with Crippen LogP contribution in [0.25, 0.3) is 5.69 Å². The number of rotatable bonds is 6. The van der Waals surface area contributed by atoms with Gasteiger partial charge in [-0.15, -0.1) is 0 Å². The predicted octanol–water partition coefficient (Wildman–Crippen LogP) is 1.07. The molecule has 10 heteroatoms. The lowest BCUT2D eigenvalue weighted by molar-refractivity contribution is -0.124. The van der Waals surface area contributed by atoms with Gasteiger partial charge in [0.25, 0.3) is 5.56 Å². The minimum atomic E-state index is -3.53. The molecule has 2 bridgehead atoms. The Balaban J connectivity index is 1.48. The summed E-state index contributed by atoms with van der Waals surface area (Å²) in [7, 11) is -3.53. The summed E-state index contributed by atoms with van der Waals surface area (Å²) in [5, 5.41) is 15.4. The molecule has 1 aromatic heterocycles. The fourth-order valence-electron chi connectivity index (χ4n) is 4.52. The van der Waals surface area contributed by atoms with E-state index in [1.165, 1.54) is 24.4 Å². The molecule has 2 heterocycles. The molecule has 4 atom stereocenters. The molecule has 2 aliphatic rings. The van der Waals surface area contributed by atoms with Gasteiger partial charge in [-0.25, -0.2) is 12.8 Å². The normalized spacial score (nSPS) is 23.0. The molecule has 0 radical (unpaired) electrons. The summed E-state index contributed by atoms with van der Waals surface area (Å²) < 4.78 is 39.1. The lowest BCUT2D eigenvalue weighted by Crippen LogP contribution is -2.50. The zero-order chi connectivity index (χ0) is 23.0. The third-order valence-electron chi connectivity index (χ3n) is 6.17. The summed E-state index contributed by atoms with van der Waals surface area (Å²) in [6, 6.07) is 7.53. The molecule has 2 N–H and O–H groups in total. The molecule has 1 amide bonds. The van der Waals surface area contributed by atoms with E-state index in [2.05, 4.69) is 10.6 Å². The molecule has 4 rings (SSSR count). The van der Waals surface area contributed by atoms with Crippen LogP contribution in [0.5, 0.6) is 0 Å². The van der Waals surface area contributed by atoms with Crippen molar-refractivity contribution in [1.29, 1.82) is 5.26 Å². The van der Waals surface area contributed by atoms with Gasteiger partial charge in [-0.3, -0.25) is 14.2 Å². The predicted molar refractivity (Wildman–Crippen MR) is 114 cm³/mol. The number of hydrogen-bond donors (Lipinski definition) is 2. The number of hydrogen-bond acceptors (Lipinski definition) is 6. The number of carbonyl (C=O) groups excluding carboxylic acids is 1. The summed E-state index contributed by atoms with van der Waals surface area (Å²) >= 11 is 0. The van der Waals surface area contributed by atoms with Crippen LogP contribution >= 0.6 is 0 Å². The Morgan fingerprint density at radius 1 is 1.34 bits per heavy atom. The van der Waals surface area contributed by atoms with Gasteiger partial charge in [0.05, 0.1) is 22.7 Å². The molecule has 8 nitrogen and oxygen atoms in total. The van der Waals surface area contributed by atoms with Crippen LogP contribution in [-0.4, -0.2) is 43.3 Å². The summed E-state index contributed by atoms with van der Waals surface area (Å²) in [5.74, 6) is -0.588. The Labute approximate surface area is 185 Å². The summed E-state index contributed by atoms with van der Waals surface area (Å²) in [6.45, 7) is 0. The molecule has 1 aliphatic heterocycles. The van der Waals surface area contributed by atoms with E-state index in [-0.39, 0.29) is 40.4 Å². The number of piperidine rings is 1. The van der Waals surface area contributed by atoms with E-state index < -0.39 is 27.3 Å². The number of carbonyl (C=O) groups is 1. The van der Waals surface area contributed by atoms with Gasteiger partial charge < -0.3 is 10.6 Å². The van der Waals surface area contributed by atoms with Crippen molar-refractivity contribution < 1.29 is 17.6 Å². The van der Waals surface area contributed by atoms with Gasteiger partial charge in [-0.1, -0.05) is 6.07 Å². The average molecular weight is 459 g/mol. The van der Waals surface area contributed by atoms with Crippen LogP contribution < -0.4 is 16.2 Å². The van der Waals surface area contributed by atoms with E-state index in [0.29, 0.717) is 6.04 Å². The van der Waals surface area contributed by atoms with Crippen molar-refractivity contribution >= 4 is 15.7 Å². The monoisotopic (exact) mass is 458 g/mol. The Bertz CT molecular complexity index is 1270. The maximum atomic E-state index is 14.7. The first-order chi connectivity index (χ1) is 15.2. The highest BCUT2D eigenvalue weighted by atomic mass is 32.2. The largest absolute Gasteiger partial charge is 0.339 e. The van der Waals surface area contributed by atoms with Crippen LogP contribution in [0.4, 0.5) is 4.39 Å². The number of nitriles is 1. The summed E-state index contributed by atoms with van der Waals surface area (Å²) in [4.78, 5) is 24.7. The molecular formula is C22H23FN4O4S. The Hall–Kier alpha value is -3.03. The number of halogens is 1. The zero-order valence-corrected chi connectivity index (χ0v) is 18.2. The quantitative estimate of drug-likeness (QED) is 0.668. The minimum Gasteiger partial charge on any atom is -0.339 e. The highest BCUT2D eigenvalue weighted by molar-refractivity contribution is 7.90. The van der Waals surface area contributed by atoms with Gasteiger partial charge in [0, 0.05) is 31.0 Å². The smallest absolute Gasteiger partial charge is 0.256 e. The van der Waals surface area contributed by atoms with Crippen molar-refractivity contribution in [2.45, 2.75) is 48.7 Å². The number of sulfone groups is 1. The van der Waals surface area contributed by atoms with Crippen molar-refractivity contribution in [2.75, 3.05) is 6.26 Å². The van der Waals surface area contributed by atoms with E-state index in [1.54, 1.807) is 0 Å². The second kappa shape index (κ2) is 8.48.